The summed E-state index contributed by atoms with van der Waals surface area (Å²) in [5.41, 5.74) is 0. The van der Waals surface area contributed by atoms with E-state index in [1.165, 1.54) is 38.5 Å². The molecule has 0 aliphatic rings. The van der Waals surface area contributed by atoms with Gasteiger partial charge in [-0.2, -0.15) is 0 Å². The lowest BCUT2D eigenvalue weighted by Crippen LogP contribution is -1.75. The van der Waals surface area contributed by atoms with Crippen molar-refractivity contribution in [1.82, 2.24) is 0 Å². The third-order valence-electron chi connectivity index (χ3n) is 3.19. The van der Waals surface area contributed by atoms with Crippen LogP contribution in [0.15, 0.2) is 48.6 Å². The van der Waals surface area contributed by atoms with Crippen molar-refractivity contribution in [1.29, 1.82) is 0 Å². The van der Waals surface area contributed by atoms with E-state index in [9.17, 15) is 0 Å². The van der Waals surface area contributed by atoms with Gasteiger partial charge in [0.2, 0.25) is 0 Å². The number of hydrogen-bond acceptors (Lipinski definition) is 0. The van der Waals surface area contributed by atoms with Gasteiger partial charge in [-0.1, -0.05) is 88.1 Å². The quantitative estimate of drug-likeness (QED) is 0.247. The molecule has 0 nitrogen and oxygen atoms in total. The molecule has 0 bridgehead atoms. The summed E-state index contributed by atoms with van der Waals surface area (Å²) in [5.74, 6) is 0. The van der Waals surface area contributed by atoms with Gasteiger partial charge in [0.05, 0.1) is 0 Å². The van der Waals surface area contributed by atoms with E-state index in [1.807, 2.05) is 0 Å². The Bertz CT molecular complexity index is 278. The summed E-state index contributed by atoms with van der Waals surface area (Å²) in [6.07, 6.45) is 30.6. The minimum atomic E-state index is 1.06. The highest BCUT2D eigenvalue weighted by atomic mass is 13.9. The highest BCUT2D eigenvalue weighted by molar-refractivity contribution is 4.99. The zero-order valence-electron chi connectivity index (χ0n) is 13.7. The average Bonchev–Trinajstić information content (AvgIpc) is 2.47. The third kappa shape index (κ3) is 17.0. The Morgan fingerprint density at radius 2 is 1.00 bits per heavy atom. The monoisotopic (exact) mass is 274 g/mol. The van der Waals surface area contributed by atoms with Gasteiger partial charge in [-0.15, -0.1) is 0 Å². The molecule has 0 atom stereocenters. The van der Waals surface area contributed by atoms with Crippen LogP contribution < -0.4 is 0 Å². The van der Waals surface area contributed by atoms with E-state index in [4.69, 9.17) is 0 Å². The molecule has 0 aromatic rings. The van der Waals surface area contributed by atoms with Crippen LogP contribution in [0.4, 0.5) is 0 Å². The van der Waals surface area contributed by atoms with Gasteiger partial charge < -0.3 is 0 Å². The summed E-state index contributed by atoms with van der Waals surface area (Å²) in [4.78, 5) is 0. The molecule has 0 amide bonds. The third-order valence-corrected chi connectivity index (χ3v) is 3.19. The first-order valence-corrected chi connectivity index (χ1v) is 8.51. The summed E-state index contributed by atoms with van der Waals surface area (Å²) >= 11 is 0. The molecule has 0 spiro atoms. The van der Waals surface area contributed by atoms with E-state index in [-0.39, 0.29) is 0 Å². The lowest BCUT2D eigenvalue weighted by Gasteiger charge is -1.95. The summed E-state index contributed by atoms with van der Waals surface area (Å²) in [6, 6.07) is 0. The van der Waals surface area contributed by atoms with Crippen molar-refractivity contribution in [3.63, 3.8) is 0 Å². The fourth-order valence-electron chi connectivity index (χ4n) is 1.96. The highest BCUT2D eigenvalue weighted by Crippen LogP contribution is 2.05. The first-order chi connectivity index (χ1) is 9.91. The SMILES string of the molecule is CC/C=C\C/C=C\C/C=C\C/C=C\CCCCCCC. The topological polar surface area (TPSA) is 0 Å². The van der Waals surface area contributed by atoms with E-state index in [0.29, 0.717) is 0 Å². The predicted molar refractivity (Wildman–Crippen MR) is 94.1 cm³/mol. The van der Waals surface area contributed by atoms with Crippen LogP contribution in [0.25, 0.3) is 0 Å². The molecule has 0 aromatic carbocycles. The van der Waals surface area contributed by atoms with Crippen LogP contribution in [0, 0.1) is 0 Å². The Labute approximate surface area is 127 Å². The number of allylic oxidation sites excluding steroid dienone is 8. The van der Waals surface area contributed by atoms with Crippen LogP contribution in [0.1, 0.15) is 78.1 Å². The largest absolute Gasteiger partial charge is 0.0885 e. The maximum atomic E-state index is 2.33. The van der Waals surface area contributed by atoms with E-state index >= 15 is 0 Å². The van der Waals surface area contributed by atoms with E-state index in [0.717, 1.165) is 25.7 Å². The molecule has 0 aliphatic heterocycles. The van der Waals surface area contributed by atoms with Gasteiger partial charge in [0, 0.05) is 0 Å². The van der Waals surface area contributed by atoms with Gasteiger partial charge in [0.15, 0.2) is 0 Å². The lowest BCUT2D eigenvalue weighted by atomic mass is 10.1. The molecule has 0 unspecified atom stereocenters. The van der Waals surface area contributed by atoms with Gasteiger partial charge in [0.25, 0.3) is 0 Å². The number of hydrogen-bond donors (Lipinski definition) is 0. The first-order valence-electron chi connectivity index (χ1n) is 8.51. The Morgan fingerprint density at radius 3 is 1.55 bits per heavy atom. The molecule has 0 N–H and O–H groups in total. The van der Waals surface area contributed by atoms with Gasteiger partial charge in [-0.3, -0.25) is 0 Å². The predicted octanol–water partition coefficient (Wildman–Crippen LogP) is 7.15. The normalized spacial score (nSPS) is 12.7. The molecule has 0 heterocycles. The van der Waals surface area contributed by atoms with Crippen LogP contribution in [-0.2, 0) is 0 Å². The van der Waals surface area contributed by atoms with Gasteiger partial charge >= 0.3 is 0 Å². The van der Waals surface area contributed by atoms with Crippen molar-refractivity contribution >= 4 is 0 Å². The number of unbranched alkanes of at least 4 members (excludes halogenated alkanes) is 5. The number of rotatable bonds is 13. The van der Waals surface area contributed by atoms with E-state index in [1.54, 1.807) is 0 Å². The van der Waals surface area contributed by atoms with Gasteiger partial charge in [0.1, 0.15) is 0 Å². The molecule has 0 heteroatoms. The fraction of sp³-hybridized carbons (Fsp3) is 0.600. The van der Waals surface area contributed by atoms with Crippen molar-refractivity contribution in [2.75, 3.05) is 0 Å². The minimum absolute atomic E-state index is 1.06. The second-order valence-corrected chi connectivity index (χ2v) is 5.20. The van der Waals surface area contributed by atoms with Crippen molar-refractivity contribution in [3.05, 3.63) is 48.6 Å². The molecule has 114 valence electrons. The molecule has 0 fully saturated rings. The standard InChI is InChI=1S/C20H34/c1-3-5-7-9-11-13-15-17-19-20-18-16-14-12-10-8-6-4-2/h5,7,11,13,16-19H,3-4,6,8-10,12,14-15,20H2,1-2H3/b7-5-,13-11-,18-16-,19-17-. The highest BCUT2D eigenvalue weighted by Gasteiger charge is 1.85. The van der Waals surface area contributed by atoms with Gasteiger partial charge in [-0.05, 0) is 38.5 Å². The maximum Gasteiger partial charge on any atom is -0.0169 e. The Balaban J connectivity index is 3.32. The zero-order valence-corrected chi connectivity index (χ0v) is 13.7. The molecule has 0 saturated carbocycles. The van der Waals surface area contributed by atoms with Crippen LogP contribution in [0.3, 0.4) is 0 Å². The average molecular weight is 274 g/mol. The van der Waals surface area contributed by atoms with Crippen molar-refractivity contribution in [2.24, 2.45) is 0 Å². The fourth-order valence-corrected chi connectivity index (χ4v) is 1.96. The zero-order chi connectivity index (χ0) is 14.7. The van der Waals surface area contributed by atoms with E-state index in [2.05, 4.69) is 62.5 Å². The molecule has 0 rings (SSSR count). The molecule has 20 heavy (non-hydrogen) atoms. The summed E-state index contributed by atoms with van der Waals surface area (Å²) in [5, 5.41) is 0. The molecule has 0 aromatic heterocycles. The lowest BCUT2D eigenvalue weighted by molar-refractivity contribution is 0.637. The molecular formula is C20H34. The van der Waals surface area contributed by atoms with Crippen LogP contribution in [-0.4, -0.2) is 0 Å². The molecule has 0 saturated heterocycles. The summed E-state index contributed by atoms with van der Waals surface area (Å²) < 4.78 is 0. The van der Waals surface area contributed by atoms with Crippen LogP contribution >= 0.6 is 0 Å². The summed E-state index contributed by atoms with van der Waals surface area (Å²) in [7, 11) is 0. The Morgan fingerprint density at radius 1 is 0.500 bits per heavy atom. The minimum Gasteiger partial charge on any atom is -0.0885 e. The van der Waals surface area contributed by atoms with Crippen molar-refractivity contribution < 1.29 is 0 Å². The van der Waals surface area contributed by atoms with E-state index < -0.39 is 0 Å². The first kappa shape index (κ1) is 19.0. The second-order valence-electron chi connectivity index (χ2n) is 5.20. The molecular weight excluding hydrogens is 240 g/mol. The van der Waals surface area contributed by atoms with Crippen LogP contribution in [0.5, 0.6) is 0 Å². The smallest absolute Gasteiger partial charge is 0.0169 e. The maximum absolute atomic E-state index is 2.33. The Hall–Kier alpha value is -1.04. The van der Waals surface area contributed by atoms with Crippen molar-refractivity contribution in [3.8, 4) is 0 Å². The Kier molecular flexibility index (Phi) is 17.0. The molecule has 0 aliphatic carbocycles. The van der Waals surface area contributed by atoms with Crippen LogP contribution in [0.2, 0.25) is 0 Å². The second kappa shape index (κ2) is 18.0. The van der Waals surface area contributed by atoms with Crippen molar-refractivity contribution in [2.45, 2.75) is 78.1 Å². The molecule has 0 radical (unpaired) electrons. The van der Waals surface area contributed by atoms with Gasteiger partial charge in [-0.25, -0.2) is 0 Å². The summed E-state index contributed by atoms with van der Waals surface area (Å²) in [6.45, 7) is 4.44.